The number of aromatic nitrogens is 2. The van der Waals surface area contributed by atoms with E-state index in [1.807, 2.05) is 26.0 Å². The Hall–Kier alpha value is -4.15. The maximum Gasteiger partial charge on any atom is 0.416 e. The van der Waals surface area contributed by atoms with Crippen molar-refractivity contribution in [1.29, 1.82) is 0 Å². The first-order chi connectivity index (χ1) is 20.3. The van der Waals surface area contributed by atoms with Crippen LogP contribution >= 0.6 is 0 Å². The highest BCUT2D eigenvalue weighted by Crippen LogP contribution is 2.37. The summed E-state index contributed by atoms with van der Waals surface area (Å²) in [4.78, 5) is 33.8. The molecule has 4 rings (SSSR count). The number of benzene rings is 3. The number of unbranched alkanes of at least 4 members (excludes halogenated alkanes) is 1. The Morgan fingerprint density at radius 2 is 1.49 bits per heavy atom. The van der Waals surface area contributed by atoms with Gasteiger partial charge < -0.3 is 4.90 Å². The molecule has 0 saturated heterocycles. The SMILES string of the molecule is CCCCN(C(=O)c1cc(C(F)(F)F)cc(C(F)(F)F)c1)C(CC)c1nc2ccccc2c(=O)n1-c1ccc(CC)cc1. The smallest absolute Gasteiger partial charge is 0.328 e. The Kier molecular flexibility index (Phi) is 9.32. The number of para-hydroxylation sites is 1. The number of hydrogen-bond acceptors (Lipinski definition) is 3. The van der Waals surface area contributed by atoms with Crippen molar-refractivity contribution in [3.05, 3.63) is 105 Å². The zero-order chi connectivity index (χ0) is 31.5. The van der Waals surface area contributed by atoms with Crippen molar-refractivity contribution in [2.24, 2.45) is 0 Å². The number of rotatable bonds is 9. The van der Waals surface area contributed by atoms with E-state index in [-0.39, 0.29) is 24.9 Å². The van der Waals surface area contributed by atoms with Gasteiger partial charge >= 0.3 is 12.4 Å². The third-order valence-corrected chi connectivity index (χ3v) is 7.31. The molecule has 1 unspecified atom stereocenters. The van der Waals surface area contributed by atoms with Crippen LogP contribution in [0.4, 0.5) is 26.3 Å². The summed E-state index contributed by atoms with van der Waals surface area (Å²) in [6.07, 6.45) is -8.28. The molecule has 11 heteroatoms. The monoisotopic (exact) mass is 603 g/mol. The lowest BCUT2D eigenvalue weighted by atomic mass is 10.0. The van der Waals surface area contributed by atoms with Crippen LogP contribution in [-0.4, -0.2) is 26.9 Å². The summed E-state index contributed by atoms with van der Waals surface area (Å²) >= 11 is 0. The quantitative estimate of drug-likeness (QED) is 0.181. The van der Waals surface area contributed by atoms with Crippen LogP contribution in [0.3, 0.4) is 0 Å². The van der Waals surface area contributed by atoms with Crippen LogP contribution in [0.25, 0.3) is 16.6 Å². The molecule has 1 atom stereocenters. The fraction of sp³-hybridized carbons (Fsp3) is 0.344. The Morgan fingerprint density at radius 1 is 0.884 bits per heavy atom. The van der Waals surface area contributed by atoms with E-state index in [9.17, 15) is 35.9 Å². The van der Waals surface area contributed by atoms with Crippen LogP contribution in [0.15, 0.2) is 71.5 Å². The van der Waals surface area contributed by atoms with Gasteiger partial charge in [-0.15, -0.1) is 0 Å². The largest absolute Gasteiger partial charge is 0.416 e. The van der Waals surface area contributed by atoms with Crippen molar-refractivity contribution in [3.63, 3.8) is 0 Å². The third-order valence-electron chi connectivity index (χ3n) is 7.31. The average molecular weight is 604 g/mol. The number of hydrogen-bond donors (Lipinski definition) is 0. The standard InChI is InChI=1S/C32H31F6N3O2/c1-4-7-16-40(29(42)21-17-22(31(33,34)35)19-23(18-21)32(36,37)38)27(6-3)28-39-26-11-9-8-10-25(26)30(43)41(28)24-14-12-20(5-2)13-15-24/h8-15,17-19,27H,4-7,16H2,1-3H3. The maximum atomic E-state index is 13.9. The minimum Gasteiger partial charge on any atom is -0.328 e. The van der Waals surface area contributed by atoms with Crippen molar-refractivity contribution in [2.45, 2.75) is 64.8 Å². The van der Waals surface area contributed by atoms with Crippen LogP contribution in [0, 0.1) is 0 Å². The number of amides is 1. The van der Waals surface area contributed by atoms with Gasteiger partial charge in [-0.05, 0) is 67.3 Å². The molecule has 4 aromatic rings. The number of carbonyl (C=O) groups excluding carboxylic acids is 1. The molecule has 0 saturated carbocycles. The predicted octanol–water partition coefficient (Wildman–Crippen LogP) is 8.38. The van der Waals surface area contributed by atoms with E-state index < -0.39 is 46.6 Å². The van der Waals surface area contributed by atoms with Gasteiger partial charge in [0.05, 0.1) is 33.8 Å². The summed E-state index contributed by atoms with van der Waals surface area (Å²) in [7, 11) is 0. The van der Waals surface area contributed by atoms with E-state index in [2.05, 4.69) is 0 Å². The molecule has 0 radical (unpaired) electrons. The van der Waals surface area contributed by atoms with Crippen molar-refractivity contribution in [2.75, 3.05) is 6.54 Å². The Bertz CT molecular complexity index is 1630. The van der Waals surface area contributed by atoms with Gasteiger partial charge in [0.2, 0.25) is 0 Å². The van der Waals surface area contributed by atoms with Crippen LogP contribution in [-0.2, 0) is 18.8 Å². The second kappa shape index (κ2) is 12.6. The lowest BCUT2D eigenvalue weighted by molar-refractivity contribution is -0.143. The van der Waals surface area contributed by atoms with E-state index >= 15 is 0 Å². The van der Waals surface area contributed by atoms with Crippen LogP contribution in [0.1, 0.15) is 78.9 Å². The van der Waals surface area contributed by atoms with Crippen LogP contribution < -0.4 is 5.56 Å². The first-order valence-corrected chi connectivity index (χ1v) is 14.0. The summed E-state index contributed by atoms with van der Waals surface area (Å²) in [5, 5.41) is 0.319. The summed E-state index contributed by atoms with van der Waals surface area (Å²) < 4.78 is 83.2. The highest BCUT2D eigenvalue weighted by molar-refractivity contribution is 5.95. The first-order valence-electron chi connectivity index (χ1n) is 14.0. The molecule has 3 aromatic carbocycles. The first kappa shape index (κ1) is 31.8. The summed E-state index contributed by atoms with van der Waals surface area (Å²) in [5.41, 5.74) is -2.48. The van der Waals surface area contributed by atoms with Gasteiger partial charge in [-0.2, -0.15) is 26.3 Å². The number of nitrogens with zero attached hydrogens (tertiary/aromatic N) is 3. The molecule has 0 bridgehead atoms. The zero-order valence-electron chi connectivity index (χ0n) is 23.9. The number of carbonyl (C=O) groups is 1. The fourth-order valence-corrected chi connectivity index (χ4v) is 5.02. The van der Waals surface area contributed by atoms with Gasteiger partial charge in [0.25, 0.3) is 11.5 Å². The lowest BCUT2D eigenvalue weighted by Gasteiger charge is -2.33. The molecule has 0 aliphatic rings. The molecule has 228 valence electrons. The minimum absolute atomic E-state index is 0.00696. The zero-order valence-corrected chi connectivity index (χ0v) is 23.9. The molecular weight excluding hydrogens is 572 g/mol. The molecule has 0 spiro atoms. The molecule has 1 heterocycles. The molecule has 0 aliphatic heterocycles. The van der Waals surface area contributed by atoms with Crippen molar-refractivity contribution < 1.29 is 31.1 Å². The van der Waals surface area contributed by atoms with E-state index in [1.54, 1.807) is 43.3 Å². The topological polar surface area (TPSA) is 55.2 Å². The summed E-state index contributed by atoms with van der Waals surface area (Å²) in [6.45, 7) is 5.56. The van der Waals surface area contributed by atoms with Crippen molar-refractivity contribution in [1.82, 2.24) is 14.5 Å². The fourth-order valence-electron chi connectivity index (χ4n) is 5.02. The molecule has 0 N–H and O–H groups in total. The molecule has 1 amide bonds. The van der Waals surface area contributed by atoms with E-state index in [4.69, 9.17) is 4.98 Å². The van der Waals surface area contributed by atoms with Crippen molar-refractivity contribution >= 4 is 16.8 Å². The summed E-state index contributed by atoms with van der Waals surface area (Å²) in [5.74, 6) is -0.866. The Labute approximate surface area is 244 Å². The minimum atomic E-state index is -5.11. The maximum absolute atomic E-state index is 13.9. The van der Waals surface area contributed by atoms with Gasteiger partial charge in [0.15, 0.2) is 0 Å². The van der Waals surface area contributed by atoms with Gasteiger partial charge in [0, 0.05) is 12.1 Å². The molecule has 0 aliphatic carbocycles. The van der Waals surface area contributed by atoms with Gasteiger partial charge in [-0.3, -0.25) is 14.2 Å². The van der Waals surface area contributed by atoms with Crippen LogP contribution in [0.5, 0.6) is 0 Å². The second-order valence-corrected chi connectivity index (χ2v) is 10.2. The van der Waals surface area contributed by atoms with Crippen molar-refractivity contribution in [3.8, 4) is 5.69 Å². The van der Waals surface area contributed by atoms with Gasteiger partial charge in [0.1, 0.15) is 5.82 Å². The molecule has 5 nitrogen and oxygen atoms in total. The Balaban J connectivity index is 1.96. The van der Waals surface area contributed by atoms with Crippen LogP contribution in [0.2, 0.25) is 0 Å². The predicted molar refractivity (Wildman–Crippen MR) is 152 cm³/mol. The molecule has 0 fully saturated rings. The highest BCUT2D eigenvalue weighted by Gasteiger charge is 2.39. The molecule has 43 heavy (non-hydrogen) atoms. The van der Waals surface area contributed by atoms with E-state index in [1.165, 1.54) is 9.47 Å². The summed E-state index contributed by atoms with van der Waals surface area (Å²) in [6, 6.07) is 13.7. The van der Waals surface area contributed by atoms with E-state index in [0.717, 1.165) is 12.0 Å². The molecular formula is C32H31F6N3O2. The molecule has 1 aromatic heterocycles. The number of halogens is 6. The van der Waals surface area contributed by atoms with Gasteiger partial charge in [-0.25, -0.2) is 4.98 Å². The normalized spacial score (nSPS) is 12.9. The van der Waals surface area contributed by atoms with Gasteiger partial charge in [-0.1, -0.05) is 51.5 Å². The highest BCUT2D eigenvalue weighted by atomic mass is 19.4. The number of alkyl halides is 6. The van der Waals surface area contributed by atoms with E-state index in [0.29, 0.717) is 41.6 Å². The number of fused-ring (bicyclic) bond motifs is 1. The third kappa shape index (κ3) is 6.76. The second-order valence-electron chi connectivity index (χ2n) is 10.2. The Morgan fingerprint density at radius 3 is 2.02 bits per heavy atom. The average Bonchev–Trinajstić information content (AvgIpc) is 2.98. The number of aryl methyl sites for hydroxylation is 1. The lowest BCUT2D eigenvalue weighted by Crippen LogP contribution is -2.39.